The van der Waals surface area contributed by atoms with Crippen LogP contribution in [-0.2, 0) is 4.79 Å². The van der Waals surface area contributed by atoms with E-state index in [0.717, 1.165) is 44.3 Å². The Morgan fingerprint density at radius 3 is 1.91 bits per heavy atom. The molecular weight excluding hydrogens is 305 g/mol. The summed E-state index contributed by atoms with van der Waals surface area (Å²) in [5.74, 6) is -0.711. The maximum absolute atomic E-state index is 12.0. The summed E-state index contributed by atoms with van der Waals surface area (Å²) in [7, 11) is 0. The first-order chi connectivity index (χ1) is 11.0. The average molecular weight is 330 g/mol. The zero-order valence-corrected chi connectivity index (χ0v) is 13.4. The van der Waals surface area contributed by atoms with E-state index >= 15 is 0 Å². The largest absolute Gasteiger partial charge is 0.494 e. The van der Waals surface area contributed by atoms with E-state index in [4.69, 9.17) is 4.74 Å². The van der Waals surface area contributed by atoms with Crippen LogP contribution in [0.4, 0.5) is 13.2 Å². The molecular formula is C18H25F3O2. The second-order valence-corrected chi connectivity index (χ2v) is 5.66. The summed E-state index contributed by atoms with van der Waals surface area (Å²) in [6, 6.07) is 9.70. The number of benzene rings is 1. The van der Waals surface area contributed by atoms with Crippen LogP contribution in [0.1, 0.15) is 57.8 Å². The molecule has 1 rings (SSSR count). The Morgan fingerprint density at radius 2 is 1.35 bits per heavy atom. The van der Waals surface area contributed by atoms with E-state index in [1.807, 2.05) is 30.3 Å². The van der Waals surface area contributed by atoms with Gasteiger partial charge < -0.3 is 4.74 Å². The highest BCUT2D eigenvalue weighted by Crippen LogP contribution is 2.20. The minimum atomic E-state index is -4.66. The highest BCUT2D eigenvalue weighted by molar-refractivity contribution is 5.83. The van der Waals surface area contributed by atoms with Gasteiger partial charge in [0, 0.05) is 6.42 Å². The molecule has 0 amide bonds. The van der Waals surface area contributed by atoms with Crippen LogP contribution in [0.2, 0.25) is 0 Å². The second-order valence-electron chi connectivity index (χ2n) is 5.66. The van der Waals surface area contributed by atoms with E-state index in [9.17, 15) is 18.0 Å². The highest BCUT2D eigenvalue weighted by atomic mass is 19.4. The van der Waals surface area contributed by atoms with E-state index in [-0.39, 0.29) is 6.42 Å². The van der Waals surface area contributed by atoms with E-state index in [0.29, 0.717) is 19.4 Å². The molecule has 0 bridgehead atoms. The number of ether oxygens (including phenoxy) is 1. The first-order valence-corrected chi connectivity index (χ1v) is 8.28. The Kier molecular flexibility index (Phi) is 9.41. The van der Waals surface area contributed by atoms with E-state index < -0.39 is 12.0 Å². The predicted octanol–water partition coefficient (Wildman–Crippen LogP) is 5.71. The number of hydrogen-bond donors (Lipinski definition) is 0. The number of carbonyl (C=O) groups is 1. The van der Waals surface area contributed by atoms with Crippen LogP contribution in [0.15, 0.2) is 30.3 Å². The van der Waals surface area contributed by atoms with Gasteiger partial charge in [0.25, 0.3) is 0 Å². The Morgan fingerprint density at radius 1 is 0.826 bits per heavy atom. The SMILES string of the molecule is O=C(CCCCCCCCCCOc1ccccc1)C(F)(F)F. The fourth-order valence-corrected chi connectivity index (χ4v) is 2.30. The van der Waals surface area contributed by atoms with Crippen molar-refractivity contribution in [2.24, 2.45) is 0 Å². The molecule has 0 aromatic heterocycles. The first kappa shape index (κ1) is 19.5. The van der Waals surface area contributed by atoms with Gasteiger partial charge in [-0.2, -0.15) is 13.2 Å². The lowest BCUT2D eigenvalue weighted by molar-refractivity contribution is -0.171. The van der Waals surface area contributed by atoms with Crippen molar-refractivity contribution in [1.82, 2.24) is 0 Å². The van der Waals surface area contributed by atoms with Crippen LogP contribution in [0, 0.1) is 0 Å². The molecule has 0 aliphatic carbocycles. The van der Waals surface area contributed by atoms with Gasteiger partial charge in [-0.05, 0) is 25.0 Å². The van der Waals surface area contributed by atoms with Gasteiger partial charge >= 0.3 is 6.18 Å². The Hall–Kier alpha value is -1.52. The van der Waals surface area contributed by atoms with Crippen molar-refractivity contribution < 1.29 is 22.7 Å². The molecule has 0 aliphatic rings. The lowest BCUT2D eigenvalue weighted by Crippen LogP contribution is -2.22. The van der Waals surface area contributed by atoms with E-state index in [1.54, 1.807) is 0 Å². The third-order valence-electron chi connectivity index (χ3n) is 3.63. The Labute approximate surface area is 136 Å². The van der Waals surface area contributed by atoms with Gasteiger partial charge in [-0.3, -0.25) is 4.79 Å². The number of carbonyl (C=O) groups excluding carboxylic acids is 1. The van der Waals surface area contributed by atoms with Gasteiger partial charge in [-0.15, -0.1) is 0 Å². The lowest BCUT2D eigenvalue weighted by atomic mass is 10.1. The molecule has 0 aliphatic heterocycles. The summed E-state index contributed by atoms with van der Waals surface area (Å²) in [6.07, 6.45) is 2.20. The van der Waals surface area contributed by atoms with Crippen LogP contribution in [0.25, 0.3) is 0 Å². The predicted molar refractivity (Wildman–Crippen MR) is 84.6 cm³/mol. The van der Waals surface area contributed by atoms with Crippen LogP contribution >= 0.6 is 0 Å². The molecule has 0 spiro atoms. The summed E-state index contributed by atoms with van der Waals surface area (Å²) in [6.45, 7) is 0.712. The molecule has 0 unspecified atom stereocenters. The third kappa shape index (κ3) is 9.97. The fraction of sp³-hybridized carbons (Fsp3) is 0.611. The molecule has 0 atom stereocenters. The smallest absolute Gasteiger partial charge is 0.449 e. The van der Waals surface area contributed by atoms with E-state index in [2.05, 4.69) is 0 Å². The summed E-state index contributed by atoms with van der Waals surface area (Å²) >= 11 is 0. The maximum Gasteiger partial charge on any atom is 0.449 e. The quantitative estimate of drug-likeness (QED) is 0.459. The van der Waals surface area contributed by atoms with Crippen molar-refractivity contribution in [2.75, 3.05) is 6.61 Å². The normalized spacial score (nSPS) is 11.4. The van der Waals surface area contributed by atoms with Gasteiger partial charge in [0.05, 0.1) is 6.61 Å². The second kappa shape index (κ2) is 11.1. The van der Waals surface area contributed by atoms with Gasteiger partial charge in [-0.1, -0.05) is 56.7 Å². The van der Waals surface area contributed by atoms with Crippen LogP contribution in [-0.4, -0.2) is 18.6 Å². The molecule has 0 saturated carbocycles. The van der Waals surface area contributed by atoms with Crippen molar-refractivity contribution in [1.29, 1.82) is 0 Å². The fourth-order valence-electron chi connectivity index (χ4n) is 2.30. The van der Waals surface area contributed by atoms with Crippen molar-refractivity contribution in [3.05, 3.63) is 30.3 Å². The first-order valence-electron chi connectivity index (χ1n) is 8.28. The average Bonchev–Trinajstić information content (AvgIpc) is 2.52. The number of para-hydroxylation sites is 1. The highest BCUT2D eigenvalue weighted by Gasteiger charge is 2.36. The van der Waals surface area contributed by atoms with Crippen molar-refractivity contribution in [3.63, 3.8) is 0 Å². The summed E-state index contributed by atoms with van der Waals surface area (Å²) < 4.78 is 41.5. The molecule has 130 valence electrons. The van der Waals surface area contributed by atoms with Crippen molar-refractivity contribution in [2.45, 2.75) is 64.0 Å². The minimum absolute atomic E-state index is 0.337. The zero-order valence-electron chi connectivity index (χ0n) is 13.4. The molecule has 0 radical (unpaired) electrons. The zero-order chi connectivity index (χ0) is 17.0. The summed E-state index contributed by atoms with van der Waals surface area (Å²) in [4.78, 5) is 10.7. The molecule has 5 heteroatoms. The van der Waals surface area contributed by atoms with Gasteiger partial charge in [0.15, 0.2) is 0 Å². The number of hydrogen-bond acceptors (Lipinski definition) is 2. The van der Waals surface area contributed by atoms with Crippen LogP contribution < -0.4 is 4.74 Å². The van der Waals surface area contributed by atoms with Gasteiger partial charge in [-0.25, -0.2) is 0 Å². The van der Waals surface area contributed by atoms with Gasteiger partial charge in [0.1, 0.15) is 5.75 Å². The number of unbranched alkanes of at least 4 members (excludes halogenated alkanes) is 7. The number of rotatable bonds is 12. The molecule has 23 heavy (non-hydrogen) atoms. The van der Waals surface area contributed by atoms with Crippen LogP contribution in [0.5, 0.6) is 5.75 Å². The lowest BCUT2D eigenvalue weighted by Gasteiger charge is -2.06. The summed E-state index contributed by atoms with van der Waals surface area (Å²) in [5, 5.41) is 0. The molecule has 2 nitrogen and oxygen atoms in total. The number of alkyl halides is 3. The van der Waals surface area contributed by atoms with Crippen LogP contribution in [0.3, 0.4) is 0 Å². The summed E-state index contributed by atoms with van der Waals surface area (Å²) in [5.41, 5.74) is 0. The molecule has 0 saturated heterocycles. The van der Waals surface area contributed by atoms with Crippen molar-refractivity contribution in [3.8, 4) is 5.75 Å². The van der Waals surface area contributed by atoms with E-state index in [1.165, 1.54) is 0 Å². The molecule has 0 fully saturated rings. The Balaban J connectivity index is 1.84. The number of Topliss-reactive ketones (excluding diaryl/α,β-unsaturated/α-hetero) is 1. The standard InChI is InChI=1S/C18H25F3O2/c19-18(20,21)17(22)14-10-5-3-1-2-4-6-11-15-23-16-12-8-7-9-13-16/h7-9,12-13H,1-6,10-11,14-15H2. The molecule has 0 heterocycles. The molecule has 1 aromatic rings. The molecule has 0 N–H and O–H groups in total. The number of halogens is 3. The Bertz CT molecular complexity index is 430. The third-order valence-corrected chi connectivity index (χ3v) is 3.63. The topological polar surface area (TPSA) is 26.3 Å². The molecule has 1 aromatic carbocycles. The minimum Gasteiger partial charge on any atom is -0.494 e. The monoisotopic (exact) mass is 330 g/mol. The maximum atomic E-state index is 12.0. The van der Waals surface area contributed by atoms with Gasteiger partial charge in [0.2, 0.25) is 5.78 Å². The van der Waals surface area contributed by atoms with Crippen molar-refractivity contribution >= 4 is 5.78 Å². The number of ketones is 1.